The van der Waals surface area contributed by atoms with Gasteiger partial charge in [0.05, 0.1) is 24.9 Å². The average molecular weight is 393 g/mol. The van der Waals surface area contributed by atoms with E-state index in [2.05, 4.69) is 58.5 Å². The van der Waals surface area contributed by atoms with Crippen molar-refractivity contribution in [1.29, 1.82) is 0 Å². The van der Waals surface area contributed by atoms with Crippen LogP contribution in [0.2, 0.25) is 0 Å². The van der Waals surface area contributed by atoms with Crippen LogP contribution in [0.1, 0.15) is 28.6 Å². The van der Waals surface area contributed by atoms with Crippen LogP contribution >= 0.6 is 0 Å². The molecule has 1 unspecified atom stereocenters. The van der Waals surface area contributed by atoms with Crippen molar-refractivity contribution in [2.24, 2.45) is 0 Å². The van der Waals surface area contributed by atoms with Crippen molar-refractivity contribution >= 4 is 0 Å². The highest BCUT2D eigenvalue weighted by Crippen LogP contribution is 2.38. The summed E-state index contributed by atoms with van der Waals surface area (Å²) in [5.41, 5.74) is 4.35. The van der Waals surface area contributed by atoms with Crippen molar-refractivity contribution in [2.45, 2.75) is 19.9 Å². The molecule has 0 aliphatic carbocycles. The Morgan fingerprint density at radius 3 is 2.52 bits per heavy atom. The minimum Gasteiger partial charge on any atom is -0.454 e. The molecule has 8 nitrogen and oxygen atoms in total. The molecule has 0 bridgehead atoms. The molecule has 0 N–H and O–H groups in total. The second-order valence-corrected chi connectivity index (χ2v) is 7.35. The molecule has 3 heterocycles. The first-order valence-corrected chi connectivity index (χ1v) is 9.78. The summed E-state index contributed by atoms with van der Waals surface area (Å²) in [6.45, 7) is 7.40. The van der Waals surface area contributed by atoms with Gasteiger partial charge >= 0.3 is 0 Å². The summed E-state index contributed by atoms with van der Waals surface area (Å²) in [5, 5.41) is 12.9. The van der Waals surface area contributed by atoms with E-state index in [0.29, 0.717) is 13.2 Å². The van der Waals surface area contributed by atoms with Crippen molar-refractivity contribution in [2.75, 3.05) is 33.1 Å². The average Bonchev–Trinajstić information content (AvgIpc) is 3.39. The third-order valence-electron chi connectivity index (χ3n) is 5.51. The quantitative estimate of drug-likeness (QED) is 0.674. The van der Waals surface area contributed by atoms with Crippen LogP contribution in [0.4, 0.5) is 0 Å². The van der Waals surface area contributed by atoms with Crippen LogP contribution in [0, 0.1) is 13.8 Å². The summed E-state index contributed by atoms with van der Waals surface area (Å²) in [7, 11) is 0. The molecule has 5 rings (SSSR count). The molecule has 2 aliphatic heterocycles. The number of fused-ring (bicyclic) bond motifs is 1. The summed E-state index contributed by atoms with van der Waals surface area (Å²) in [6, 6.07) is 12.1. The van der Waals surface area contributed by atoms with E-state index in [9.17, 15) is 0 Å². The van der Waals surface area contributed by atoms with Gasteiger partial charge in [-0.05, 0) is 53.1 Å². The minimum absolute atomic E-state index is 0.123. The fourth-order valence-corrected chi connectivity index (χ4v) is 4.11. The second-order valence-electron chi connectivity index (χ2n) is 7.35. The van der Waals surface area contributed by atoms with Gasteiger partial charge < -0.3 is 14.2 Å². The largest absolute Gasteiger partial charge is 0.454 e. The number of ether oxygens (including phenoxy) is 3. The number of nitrogens with zero attached hydrogens (tertiary/aromatic N) is 5. The first kappa shape index (κ1) is 18.1. The number of hydrogen-bond acceptors (Lipinski definition) is 7. The number of rotatable bonds is 4. The zero-order valence-corrected chi connectivity index (χ0v) is 16.5. The molecular weight excluding hydrogens is 370 g/mol. The molecule has 1 atom stereocenters. The first-order valence-electron chi connectivity index (χ1n) is 9.78. The minimum atomic E-state index is -0.123. The van der Waals surface area contributed by atoms with Crippen molar-refractivity contribution in [3.05, 3.63) is 58.9 Å². The number of benzene rings is 2. The van der Waals surface area contributed by atoms with Crippen LogP contribution in [-0.4, -0.2) is 58.2 Å². The SMILES string of the molecule is Cc1cccc(C)c1-n1nnnc1C(c1ccc2c(c1)OCO2)N1CCOCC1. The number of aryl methyl sites for hydroxylation is 2. The van der Waals surface area contributed by atoms with Crippen LogP contribution in [0.15, 0.2) is 36.4 Å². The molecule has 2 aliphatic rings. The van der Waals surface area contributed by atoms with Crippen LogP contribution in [0.3, 0.4) is 0 Å². The Bertz CT molecular complexity index is 1010. The predicted octanol–water partition coefficient (Wildman–Crippen LogP) is 2.43. The van der Waals surface area contributed by atoms with Crippen molar-refractivity contribution in [3.8, 4) is 17.2 Å². The molecular formula is C21H23N5O3. The molecule has 1 fully saturated rings. The van der Waals surface area contributed by atoms with Gasteiger partial charge in [0, 0.05) is 13.1 Å². The maximum absolute atomic E-state index is 5.62. The van der Waals surface area contributed by atoms with E-state index in [4.69, 9.17) is 14.2 Å². The zero-order chi connectivity index (χ0) is 19.8. The monoisotopic (exact) mass is 393 g/mol. The lowest BCUT2D eigenvalue weighted by Crippen LogP contribution is -2.40. The zero-order valence-electron chi connectivity index (χ0n) is 16.5. The van der Waals surface area contributed by atoms with E-state index >= 15 is 0 Å². The van der Waals surface area contributed by atoms with Crippen molar-refractivity contribution in [1.82, 2.24) is 25.1 Å². The van der Waals surface area contributed by atoms with E-state index in [1.807, 2.05) is 16.8 Å². The molecule has 8 heteroatoms. The van der Waals surface area contributed by atoms with Gasteiger partial charge in [0.25, 0.3) is 0 Å². The number of tetrazole rings is 1. The molecule has 0 radical (unpaired) electrons. The van der Waals surface area contributed by atoms with Gasteiger partial charge in [0.15, 0.2) is 17.3 Å². The molecule has 0 saturated carbocycles. The summed E-state index contributed by atoms with van der Waals surface area (Å²) < 4.78 is 18.6. The van der Waals surface area contributed by atoms with Gasteiger partial charge in [-0.2, -0.15) is 4.68 Å². The molecule has 1 aromatic heterocycles. The Hall–Kier alpha value is -2.97. The highest BCUT2D eigenvalue weighted by atomic mass is 16.7. The van der Waals surface area contributed by atoms with Gasteiger partial charge in [-0.3, -0.25) is 4.90 Å². The summed E-state index contributed by atoms with van der Waals surface area (Å²) in [5.74, 6) is 2.30. The first-order chi connectivity index (χ1) is 14.2. The molecule has 0 amide bonds. The smallest absolute Gasteiger partial charge is 0.231 e. The molecule has 0 spiro atoms. The summed E-state index contributed by atoms with van der Waals surface area (Å²) in [6.07, 6.45) is 0. The number of morpholine rings is 1. The lowest BCUT2D eigenvalue weighted by Gasteiger charge is -2.34. The molecule has 2 aromatic carbocycles. The maximum Gasteiger partial charge on any atom is 0.231 e. The lowest BCUT2D eigenvalue weighted by atomic mass is 10.0. The lowest BCUT2D eigenvalue weighted by molar-refractivity contribution is 0.0220. The van der Waals surface area contributed by atoms with Gasteiger partial charge in [0.1, 0.15) is 0 Å². The fourth-order valence-electron chi connectivity index (χ4n) is 4.11. The van der Waals surface area contributed by atoms with E-state index in [1.54, 1.807) is 0 Å². The number of aromatic nitrogens is 4. The predicted molar refractivity (Wildman–Crippen MR) is 105 cm³/mol. The molecule has 1 saturated heterocycles. The Labute approximate surface area is 169 Å². The van der Waals surface area contributed by atoms with Crippen LogP contribution in [0.25, 0.3) is 5.69 Å². The Morgan fingerprint density at radius 2 is 1.72 bits per heavy atom. The van der Waals surface area contributed by atoms with Gasteiger partial charge in [0.2, 0.25) is 6.79 Å². The van der Waals surface area contributed by atoms with E-state index in [1.165, 1.54) is 0 Å². The van der Waals surface area contributed by atoms with Crippen LogP contribution in [-0.2, 0) is 4.74 Å². The maximum atomic E-state index is 5.62. The highest BCUT2D eigenvalue weighted by Gasteiger charge is 2.31. The standard InChI is InChI=1S/C21H23N5O3/c1-14-4-3-5-15(2)19(14)26-21(22-23-24-26)20(25-8-10-27-11-9-25)16-6-7-17-18(12-16)29-13-28-17/h3-7,12,20H,8-11,13H2,1-2H3. The van der Waals surface area contributed by atoms with Gasteiger partial charge in [-0.25, -0.2) is 0 Å². The third kappa shape index (κ3) is 3.24. The van der Waals surface area contributed by atoms with E-state index in [-0.39, 0.29) is 12.8 Å². The summed E-state index contributed by atoms with van der Waals surface area (Å²) in [4.78, 5) is 2.36. The second kappa shape index (κ2) is 7.46. The van der Waals surface area contributed by atoms with Crippen LogP contribution in [0.5, 0.6) is 11.5 Å². The fraction of sp³-hybridized carbons (Fsp3) is 0.381. The van der Waals surface area contributed by atoms with E-state index < -0.39 is 0 Å². The van der Waals surface area contributed by atoms with Crippen molar-refractivity contribution < 1.29 is 14.2 Å². The normalized spacial score (nSPS) is 17.4. The van der Waals surface area contributed by atoms with Gasteiger partial charge in [-0.1, -0.05) is 24.3 Å². The highest BCUT2D eigenvalue weighted by molar-refractivity contribution is 5.49. The Balaban J connectivity index is 1.64. The molecule has 29 heavy (non-hydrogen) atoms. The number of hydrogen-bond donors (Lipinski definition) is 0. The van der Waals surface area contributed by atoms with Crippen molar-refractivity contribution in [3.63, 3.8) is 0 Å². The van der Waals surface area contributed by atoms with Crippen LogP contribution < -0.4 is 9.47 Å². The Kier molecular flexibility index (Phi) is 4.65. The Morgan fingerprint density at radius 1 is 0.966 bits per heavy atom. The van der Waals surface area contributed by atoms with Gasteiger partial charge in [-0.15, -0.1) is 5.10 Å². The third-order valence-corrected chi connectivity index (χ3v) is 5.51. The molecule has 3 aromatic rings. The summed E-state index contributed by atoms with van der Waals surface area (Å²) >= 11 is 0. The molecule has 150 valence electrons. The topological polar surface area (TPSA) is 74.5 Å². The van der Waals surface area contributed by atoms with E-state index in [0.717, 1.165) is 52.8 Å². The number of para-hydroxylation sites is 1.